The number of rotatable bonds is 8. The Labute approximate surface area is 183 Å². The highest BCUT2D eigenvalue weighted by atomic mass is 32.2. The number of amides is 1. The van der Waals surface area contributed by atoms with Gasteiger partial charge in [-0.1, -0.05) is 37.3 Å². The molecule has 0 bridgehead atoms. The van der Waals surface area contributed by atoms with E-state index in [1.165, 1.54) is 6.07 Å². The van der Waals surface area contributed by atoms with Crippen molar-refractivity contribution in [2.24, 2.45) is 5.92 Å². The van der Waals surface area contributed by atoms with E-state index in [1.54, 1.807) is 24.1 Å². The van der Waals surface area contributed by atoms with Crippen LogP contribution in [0.1, 0.15) is 39.0 Å². The fourth-order valence-electron chi connectivity index (χ4n) is 3.85. The van der Waals surface area contributed by atoms with E-state index in [0.29, 0.717) is 5.92 Å². The Balaban J connectivity index is 1.43. The van der Waals surface area contributed by atoms with Crippen molar-refractivity contribution < 1.29 is 22.7 Å². The average molecular weight is 447 g/mol. The van der Waals surface area contributed by atoms with Crippen LogP contribution >= 0.6 is 0 Å². The van der Waals surface area contributed by atoms with E-state index in [9.17, 15) is 18.0 Å². The van der Waals surface area contributed by atoms with E-state index >= 15 is 0 Å². The summed E-state index contributed by atoms with van der Waals surface area (Å²) in [5.74, 6) is -0.152. The Morgan fingerprint density at radius 3 is 2.45 bits per heavy atom. The highest BCUT2D eigenvalue weighted by Gasteiger charge is 2.25. The first kappa shape index (κ1) is 23.2. The molecule has 2 aromatic rings. The number of carbonyl (C=O) groups is 2. The van der Waals surface area contributed by atoms with Gasteiger partial charge >= 0.3 is 5.97 Å². The van der Waals surface area contributed by atoms with Crippen LogP contribution in [0.3, 0.4) is 0 Å². The standard InChI is InChI=1S/C23H30N2O5S/c1-17-7-10-20(11-8-17)25(2)22(26)16-30-23(27)13-14-24-31(28,29)21-12-9-18-5-3-4-6-19(18)15-21/h3-6,9,12,15,17,20,24H,7-8,10-11,13-14,16H2,1-2H3. The third-order valence-corrected chi connectivity index (χ3v) is 7.39. The molecule has 1 aliphatic rings. The van der Waals surface area contributed by atoms with Crippen LogP contribution in [0, 0.1) is 5.92 Å². The van der Waals surface area contributed by atoms with E-state index in [1.807, 2.05) is 24.3 Å². The molecule has 0 heterocycles. The molecule has 31 heavy (non-hydrogen) atoms. The molecule has 0 aliphatic heterocycles. The fraction of sp³-hybridized carbons (Fsp3) is 0.478. The van der Waals surface area contributed by atoms with E-state index in [-0.39, 0.29) is 36.4 Å². The predicted molar refractivity (Wildman–Crippen MR) is 119 cm³/mol. The van der Waals surface area contributed by atoms with Gasteiger partial charge in [0, 0.05) is 19.6 Å². The number of nitrogens with one attached hydrogen (secondary N) is 1. The molecule has 0 unspecified atom stereocenters. The second-order valence-electron chi connectivity index (χ2n) is 8.24. The van der Waals surface area contributed by atoms with Crippen molar-refractivity contribution in [2.75, 3.05) is 20.2 Å². The molecule has 7 nitrogen and oxygen atoms in total. The number of hydrogen-bond acceptors (Lipinski definition) is 5. The minimum absolute atomic E-state index is 0.0987. The summed E-state index contributed by atoms with van der Waals surface area (Å²) in [4.78, 5) is 26.1. The summed E-state index contributed by atoms with van der Waals surface area (Å²) in [5, 5.41) is 1.77. The molecule has 3 rings (SSSR count). The molecule has 1 amide bonds. The molecule has 1 fully saturated rings. The number of esters is 1. The molecule has 1 aliphatic carbocycles. The fourth-order valence-corrected chi connectivity index (χ4v) is 4.92. The molecule has 1 saturated carbocycles. The summed E-state index contributed by atoms with van der Waals surface area (Å²) in [6, 6.07) is 12.5. The van der Waals surface area contributed by atoms with Gasteiger partial charge in [0.2, 0.25) is 10.0 Å². The van der Waals surface area contributed by atoms with Crippen molar-refractivity contribution in [3.05, 3.63) is 42.5 Å². The van der Waals surface area contributed by atoms with Gasteiger partial charge in [0.25, 0.3) is 5.91 Å². The van der Waals surface area contributed by atoms with Gasteiger partial charge in [0.05, 0.1) is 11.3 Å². The second-order valence-corrected chi connectivity index (χ2v) is 10.0. The Bertz CT molecular complexity index is 1030. The number of hydrogen-bond donors (Lipinski definition) is 1. The number of carbonyl (C=O) groups excluding carboxylic acids is 2. The number of likely N-dealkylation sites (N-methyl/N-ethyl adjacent to an activating group) is 1. The third-order valence-electron chi connectivity index (χ3n) is 5.94. The van der Waals surface area contributed by atoms with Crippen molar-refractivity contribution >= 4 is 32.7 Å². The molecule has 0 spiro atoms. The SMILES string of the molecule is CC1CCC(N(C)C(=O)COC(=O)CCNS(=O)(=O)c2ccc3ccccc3c2)CC1. The monoisotopic (exact) mass is 446 g/mol. The lowest BCUT2D eigenvalue weighted by Gasteiger charge is -2.33. The predicted octanol–water partition coefficient (Wildman–Crippen LogP) is 3.09. The van der Waals surface area contributed by atoms with Gasteiger partial charge in [0.15, 0.2) is 6.61 Å². The third kappa shape index (κ3) is 6.27. The topological polar surface area (TPSA) is 92.8 Å². The Hall–Kier alpha value is -2.45. The quantitative estimate of drug-likeness (QED) is 0.629. The van der Waals surface area contributed by atoms with E-state index in [2.05, 4.69) is 11.6 Å². The zero-order valence-electron chi connectivity index (χ0n) is 18.0. The number of nitrogens with zero attached hydrogens (tertiary/aromatic N) is 1. The maximum absolute atomic E-state index is 12.5. The van der Waals surface area contributed by atoms with Crippen LogP contribution in [-0.2, 0) is 24.3 Å². The van der Waals surface area contributed by atoms with Gasteiger partial charge in [0.1, 0.15) is 0 Å². The zero-order chi connectivity index (χ0) is 22.4. The van der Waals surface area contributed by atoms with Crippen LogP contribution in [0.4, 0.5) is 0 Å². The largest absolute Gasteiger partial charge is 0.456 e. The maximum atomic E-state index is 12.5. The minimum atomic E-state index is -3.74. The van der Waals surface area contributed by atoms with Crippen molar-refractivity contribution in [2.45, 2.75) is 50.0 Å². The molecule has 0 atom stereocenters. The zero-order valence-corrected chi connectivity index (χ0v) is 18.9. The van der Waals surface area contributed by atoms with Crippen LogP contribution in [0.2, 0.25) is 0 Å². The summed E-state index contributed by atoms with van der Waals surface area (Å²) >= 11 is 0. The summed E-state index contributed by atoms with van der Waals surface area (Å²) in [6.45, 7) is 1.80. The maximum Gasteiger partial charge on any atom is 0.307 e. The number of sulfonamides is 1. The molecule has 8 heteroatoms. The highest BCUT2D eigenvalue weighted by molar-refractivity contribution is 7.89. The number of fused-ring (bicyclic) bond motifs is 1. The smallest absolute Gasteiger partial charge is 0.307 e. The van der Waals surface area contributed by atoms with Crippen molar-refractivity contribution in [3.8, 4) is 0 Å². The average Bonchev–Trinajstić information content (AvgIpc) is 2.77. The van der Waals surface area contributed by atoms with Crippen molar-refractivity contribution in [1.29, 1.82) is 0 Å². The van der Waals surface area contributed by atoms with Crippen LogP contribution < -0.4 is 4.72 Å². The minimum Gasteiger partial charge on any atom is -0.456 e. The summed E-state index contributed by atoms with van der Waals surface area (Å²) in [7, 11) is -2.00. The van der Waals surface area contributed by atoms with Gasteiger partial charge in [-0.2, -0.15) is 0 Å². The van der Waals surface area contributed by atoms with Crippen molar-refractivity contribution in [1.82, 2.24) is 9.62 Å². The molecule has 1 N–H and O–H groups in total. The second kappa shape index (κ2) is 10.2. The Kier molecular flexibility index (Phi) is 7.67. The first-order chi connectivity index (χ1) is 14.8. The normalized spacial score (nSPS) is 19.2. The van der Waals surface area contributed by atoms with Crippen LogP contribution in [0.5, 0.6) is 0 Å². The number of benzene rings is 2. The van der Waals surface area contributed by atoms with Gasteiger partial charge in [-0.15, -0.1) is 0 Å². The Morgan fingerprint density at radius 1 is 1.06 bits per heavy atom. The molecular weight excluding hydrogens is 416 g/mol. The molecule has 168 valence electrons. The lowest BCUT2D eigenvalue weighted by Crippen LogP contribution is -2.41. The summed E-state index contributed by atoms with van der Waals surface area (Å²) in [6.07, 6.45) is 3.98. The van der Waals surface area contributed by atoms with Crippen molar-refractivity contribution in [3.63, 3.8) is 0 Å². The Morgan fingerprint density at radius 2 is 1.74 bits per heavy atom. The molecule has 0 radical (unpaired) electrons. The molecular formula is C23H30N2O5S. The summed E-state index contributed by atoms with van der Waals surface area (Å²) in [5.41, 5.74) is 0. The van der Waals surface area contributed by atoms with E-state index in [0.717, 1.165) is 36.5 Å². The van der Waals surface area contributed by atoms with E-state index in [4.69, 9.17) is 4.74 Å². The molecule has 2 aromatic carbocycles. The lowest BCUT2D eigenvalue weighted by atomic mass is 9.87. The first-order valence-electron chi connectivity index (χ1n) is 10.7. The van der Waals surface area contributed by atoms with E-state index < -0.39 is 16.0 Å². The van der Waals surface area contributed by atoms with Gasteiger partial charge < -0.3 is 9.64 Å². The number of ether oxygens (including phenoxy) is 1. The first-order valence-corrected chi connectivity index (χ1v) is 12.1. The van der Waals surface area contributed by atoms with Gasteiger partial charge in [-0.25, -0.2) is 13.1 Å². The highest BCUT2D eigenvalue weighted by Crippen LogP contribution is 2.26. The summed E-state index contributed by atoms with van der Waals surface area (Å²) < 4.78 is 32.4. The van der Waals surface area contributed by atoms with Crippen LogP contribution in [0.15, 0.2) is 47.4 Å². The van der Waals surface area contributed by atoms with Crippen LogP contribution in [0.25, 0.3) is 10.8 Å². The lowest BCUT2D eigenvalue weighted by molar-refractivity contribution is -0.152. The molecule has 0 aromatic heterocycles. The van der Waals surface area contributed by atoms with Crippen LogP contribution in [-0.4, -0.2) is 51.4 Å². The molecule has 0 saturated heterocycles. The van der Waals surface area contributed by atoms with Gasteiger partial charge in [-0.3, -0.25) is 9.59 Å². The van der Waals surface area contributed by atoms with Gasteiger partial charge in [-0.05, 0) is 54.5 Å².